The maximum Gasteiger partial charge on any atom is 0.191 e. The molecule has 1 aromatic heterocycles. The van der Waals surface area contributed by atoms with Crippen LogP contribution < -0.4 is 0 Å². The van der Waals surface area contributed by atoms with Crippen molar-refractivity contribution in [2.24, 2.45) is 0 Å². The summed E-state index contributed by atoms with van der Waals surface area (Å²) in [4.78, 5) is 0. The fourth-order valence-corrected chi connectivity index (χ4v) is 4.19. The first-order valence-electron chi connectivity index (χ1n) is 11.2. The smallest absolute Gasteiger partial charge is 0.191 e. The third kappa shape index (κ3) is 5.16. The number of rotatable bonds is 2. The van der Waals surface area contributed by atoms with Crippen molar-refractivity contribution in [3.05, 3.63) is 53.6 Å². The first kappa shape index (κ1) is 24.4. The van der Waals surface area contributed by atoms with Gasteiger partial charge in [0.2, 0.25) is 0 Å². The Balaban J connectivity index is 1.59. The second-order valence-electron chi connectivity index (χ2n) is 8.70. The number of aliphatic hydroxyl groups excluding tert-OH is 4. The highest BCUT2D eigenvalue weighted by molar-refractivity contribution is 5.41. The summed E-state index contributed by atoms with van der Waals surface area (Å²) in [5.74, 6) is 10.4. The van der Waals surface area contributed by atoms with E-state index in [4.69, 9.17) is 4.74 Å². The van der Waals surface area contributed by atoms with Gasteiger partial charge in [-0.05, 0) is 49.9 Å². The van der Waals surface area contributed by atoms with Crippen LogP contribution in [0, 0.1) is 29.5 Å². The molecule has 9 heteroatoms. The zero-order valence-corrected chi connectivity index (χ0v) is 18.4. The monoisotopic (exact) mass is 470 g/mol. The van der Waals surface area contributed by atoms with E-state index in [0.29, 0.717) is 24.0 Å². The lowest BCUT2D eigenvalue weighted by atomic mass is 9.82. The quantitative estimate of drug-likeness (QED) is 0.394. The van der Waals surface area contributed by atoms with Crippen LogP contribution in [0.5, 0.6) is 0 Å². The molecule has 0 radical (unpaired) electrons. The van der Waals surface area contributed by atoms with Crippen molar-refractivity contribution in [2.75, 3.05) is 6.61 Å². The number of aliphatic hydroxyl groups is 5. The summed E-state index contributed by atoms with van der Waals surface area (Å²) in [5, 5.41) is 55.7. The van der Waals surface area contributed by atoms with Gasteiger partial charge in [-0.1, -0.05) is 23.7 Å². The van der Waals surface area contributed by atoms with E-state index in [-0.39, 0.29) is 12.1 Å². The summed E-state index contributed by atoms with van der Waals surface area (Å²) in [6.45, 7) is -0.594. The summed E-state index contributed by atoms with van der Waals surface area (Å²) in [5.41, 5.74) is -1.35. The van der Waals surface area contributed by atoms with Gasteiger partial charge in [0.25, 0.3) is 0 Å². The Kier molecular flexibility index (Phi) is 7.34. The van der Waals surface area contributed by atoms with Crippen LogP contribution in [0.2, 0.25) is 0 Å². The molecule has 2 fully saturated rings. The van der Waals surface area contributed by atoms with E-state index in [9.17, 15) is 29.9 Å². The predicted octanol–water partition coefficient (Wildman–Crippen LogP) is 0.114. The van der Waals surface area contributed by atoms with Gasteiger partial charge in [-0.25, -0.2) is 4.39 Å². The van der Waals surface area contributed by atoms with E-state index in [1.54, 1.807) is 17.1 Å². The molecule has 0 bridgehead atoms. The Morgan fingerprint density at radius 1 is 1.06 bits per heavy atom. The molecule has 34 heavy (non-hydrogen) atoms. The van der Waals surface area contributed by atoms with Gasteiger partial charge in [0.15, 0.2) is 11.7 Å². The van der Waals surface area contributed by atoms with Gasteiger partial charge in [0.1, 0.15) is 24.1 Å². The first-order valence-corrected chi connectivity index (χ1v) is 11.2. The molecule has 2 heterocycles. The molecule has 0 spiro atoms. The molecule has 2 aromatic rings. The van der Waals surface area contributed by atoms with Gasteiger partial charge >= 0.3 is 0 Å². The van der Waals surface area contributed by atoms with Crippen molar-refractivity contribution >= 4 is 0 Å². The van der Waals surface area contributed by atoms with Crippen LogP contribution in [-0.4, -0.2) is 78.0 Å². The predicted molar refractivity (Wildman–Crippen MR) is 119 cm³/mol. The van der Waals surface area contributed by atoms with Crippen molar-refractivity contribution in [1.82, 2.24) is 9.78 Å². The lowest BCUT2D eigenvalue weighted by Gasteiger charge is -2.43. The zero-order chi connectivity index (χ0) is 24.3. The van der Waals surface area contributed by atoms with E-state index in [1.165, 1.54) is 24.3 Å². The SMILES string of the molecule is OC[C@H]1O[C@H](C#Cc2cnn(C3CCC(O)CC3)c2)[C@](O)(C#Cc2ccc(F)cc2)[C@@H](O)[C@@H]1O. The average Bonchev–Trinajstić information content (AvgIpc) is 3.31. The van der Waals surface area contributed by atoms with Gasteiger partial charge in [0.05, 0.1) is 30.5 Å². The number of benzene rings is 1. The van der Waals surface area contributed by atoms with Crippen molar-refractivity contribution in [2.45, 2.75) is 67.8 Å². The highest BCUT2D eigenvalue weighted by Gasteiger charge is 2.53. The van der Waals surface area contributed by atoms with Crippen LogP contribution >= 0.6 is 0 Å². The summed E-state index contributed by atoms with van der Waals surface area (Å²) in [6, 6.07) is 5.40. The normalized spacial score (nSPS) is 33.4. The van der Waals surface area contributed by atoms with Crippen molar-refractivity contribution in [3.63, 3.8) is 0 Å². The first-order chi connectivity index (χ1) is 16.3. The van der Waals surface area contributed by atoms with Gasteiger partial charge in [0, 0.05) is 11.8 Å². The van der Waals surface area contributed by atoms with E-state index < -0.39 is 42.4 Å². The van der Waals surface area contributed by atoms with Gasteiger partial charge in [-0.3, -0.25) is 4.68 Å². The van der Waals surface area contributed by atoms with Gasteiger partial charge in [-0.2, -0.15) is 5.10 Å². The third-order valence-electron chi connectivity index (χ3n) is 6.29. The Morgan fingerprint density at radius 2 is 1.76 bits per heavy atom. The van der Waals surface area contributed by atoms with Gasteiger partial charge < -0.3 is 30.3 Å². The molecular weight excluding hydrogens is 443 g/mol. The molecule has 1 saturated heterocycles. The molecule has 0 amide bonds. The van der Waals surface area contributed by atoms with Crippen LogP contribution in [-0.2, 0) is 4.74 Å². The molecule has 5 atom stereocenters. The van der Waals surface area contributed by atoms with Crippen LogP contribution in [0.25, 0.3) is 0 Å². The third-order valence-corrected chi connectivity index (χ3v) is 6.29. The zero-order valence-electron chi connectivity index (χ0n) is 18.4. The van der Waals surface area contributed by atoms with E-state index in [1.807, 2.05) is 0 Å². The van der Waals surface area contributed by atoms with Crippen LogP contribution in [0.3, 0.4) is 0 Å². The fourth-order valence-electron chi connectivity index (χ4n) is 4.19. The fraction of sp³-hybridized carbons (Fsp3) is 0.480. The number of ether oxygens (including phenoxy) is 1. The maximum absolute atomic E-state index is 13.2. The summed E-state index contributed by atoms with van der Waals surface area (Å²) >= 11 is 0. The molecule has 4 rings (SSSR count). The Hall–Kier alpha value is -2.76. The van der Waals surface area contributed by atoms with Crippen LogP contribution in [0.4, 0.5) is 4.39 Å². The Labute approximate surface area is 196 Å². The lowest BCUT2D eigenvalue weighted by molar-refractivity contribution is -0.239. The molecule has 1 aliphatic carbocycles. The summed E-state index contributed by atoms with van der Waals surface area (Å²) in [7, 11) is 0. The molecular formula is C25H27FN2O6. The minimum absolute atomic E-state index is 0.166. The van der Waals surface area contributed by atoms with Crippen LogP contribution in [0.1, 0.15) is 42.9 Å². The molecule has 0 unspecified atom stereocenters. The molecule has 1 aliphatic heterocycles. The topological polar surface area (TPSA) is 128 Å². The Bertz CT molecular complexity index is 1110. The minimum Gasteiger partial charge on any atom is -0.394 e. The molecule has 1 saturated carbocycles. The second-order valence-corrected chi connectivity index (χ2v) is 8.70. The van der Waals surface area contributed by atoms with Crippen molar-refractivity contribution < 1.29 is 34.7 Å². The highest BCUT2D eigenvalue weighted by Crippen LogP contribution is 2.30. The second kappa shape index (κ2) is 10.2. The number of nitrogens with zero attached hydrogens (tertiary/aromatic N) is 2. The molecule has 180 valence electrons. The standard InChI is InChI=1S/C25H27FN2O6/c26-18-4-1-16(2-5-18)11-12-25(33)22(34-21(15-29)23(31)24(25)32)10-3-17-13-27-28(14-17)19-6-8-20(30)9-7-19/h1-2,4-5,13-14,19-24,29-33H,6-9,15H2/t19?,20?,21-,22-,23-,24+,25-/m1/s1. The summed E-state index contributed by atoms with van der Waals surface area (Å²) < 4.78 is 20.6. The minimum atomic E-state index is -2.28. The molecule has 8 nitrogen and oxygen atoms in total. The molecule has 2 aliphatic rings. The molecule has 1 aromatic carbocycles. The van der Waals surface area contributed by atoms with Crippen molar-refractivity contribution in [1.29, 1.82) is 0 Å². The number of halogens is 1. The number of hydrogen-bond donors (Lipinski definition) is 5. The largest absolute Gasteiger partial charge is 0.394 e. The van der Waals surface area contributed by atoms with E-state index >= 15 is 0 Å². The number of aromatic nitrogens is 2. The maximum atomic E-state index is 13.2. The van der Waals surface area contributed by atoms with Crippen LogP contribution in [0.15, 0.2) is 36.7 Å². The number of hydrogen-bond acceptors (Lipinski definition) is 7. The molecule has 5 N–H and O–H groups in total. The van der Waals surface area contributed by atoms with Crippen molar-refractivity contribution in [3.8, 4) is 23.7 Å². The highest BCUT2D eigenvalue weighted by atomic mass is 19.1. The Morgan fingerprint density at radius 3 is 2.44 bits per heavy atom. The lowest BCUT2D eigenvalue weighted by Crippen LogP contribution is -2.65. The average molecular weight is 470 g/mol. The van der Waals surface area contributed by atoms with Gasteiger partial charge in [-0.15, -0.1) is 0 Å². The van der Waals surface area contributed by atoms with E-state index in [0.717, 1.165) is 12.8 Å². The summed E-state index contributed by atoms with van der Waals surface area (Å²) in [6.07, 6.45) is 0.197. The van der Waals surface area contributed by atoms with E-state index in [2.05, 4.69) is 28.8 Å².